The number of nitrogens with one attached hydrogen (secondary N) is 2. The highest BCUT2D eigenvalue weighted by molar-refractivity contribution is 7.98. The van der Waals surface area contributed by atoms with Gasteiger partial charge in [-0.15, -0.1) is 0 Å². The predicted molar refractivity (Wildman–Crippen MR) is 70.9 cm³/mol. The first-order valence-electron chi connectivity index (χ1n) is 6.26. The van der Waals surface area contributed by atoms with Crippen molar-refractivity contribution < 1.29 is 4.79 Å². The number of rotatable bonds is 6. The molecule has 0 bridgehead atoms. The fourth-order valence-corrected chi connectivity index (χ4v) is 2.37. The maximum Gasteiger partial charge on any atom is 0.237 e. The monoisotopic (exact) mass is 244 g/mol. The maximum atomic E-state index is 11.8. The van der Waals surface area contributed by atoms with Crippen LogP contribution in [0.2, 0.25) is 0 Å². The lowest BCUT2D eigenvalue weighted by Crippen LogP contribution is -2.47. The molecule has 94 valence electrons. The zero-order chi connectivity index (χ0) is 11.8. The van der Waals surface area contributed by atoms with Crippen LogP contribution in [0, 0.1) is 0 Å². The van der Waals surface area contributed by atoms with Crippen molar-refractivity contribution in [3.63, 3.8) is 0 Å². The van der Waals surface area contributed by atoms with E-state index in [2.05, 4.69) is 16.9 Å². The van der Waals surface area contributed by atoms with Crippen molar-refractivity contribution >= 4 is 17.7 Å². The van der Waals surface area contributed by atoms with E-state index in [9.17, 15) is 4.79 Å². The molecule has 0 spiro atoms. The highest BCUT2D eigenvalue weighted by Gasteiger charge is 2.18. The Labute approximate surface area is 103 Å². The summed E-state index contributed by atoms with van der Waals surface area (Å²) < 4.78 is 0. The molecule has 1 unspecified atom stereocenters. The summed E-state index contributed by atoms with van der Waals surface area (Å²) in [6, 6.07) is 0.361. The van der Waals surface area contributed by atoms with E-state index in [1.54, 1.807) is 11.8 Å². The molecule has 1 aliphatic carbocycles. The summed E-state index contributed by atoms with van der Waals surface area (Å²) in [5.41, 5.74) is 0. The SMILES string of the molecule is CSCCNC(C)C(=O)NC1CCCCC1. The van der Waals surface area contributed by atoms with Gasteiger partial charge in [0.25, 0.3) is 0 Å². The van der Waals surface area contributed by atoms with Crippen LogP contribution in [0.15, 0.2) is 0 Å². The van der Waals surface area contributed by atoms with Crippen LogP contribution in [-0.2, 0) is 4.79 Å². The third kappa shape index (κ3) is 5.21. The second-order valence-corrected chi connectivity index (χ2v) is 5.50. The quantitative estimate of drug-likeness (QED) is 0.700. The summed E-state index contributed by atoms with van der Waals surface area (Å²) in [6.45, 7) is 2.85. The lowest BCUT2D eigenvalue weighted by molar-refractivity contribution is -0.123. The van der Waals surface area contributed by atoms with E-state index >= 15 is 0 Å². The molecule has 1 aliphatic rings. The minimum atomic E-state index is -0.0610. The van der Waals surface area contributed by atoms with Gasteiger partial charge in [-0.3, -0.25) is 4.79 Å². The van der Waals surface area contributed by atoms with E-state index in [1.165, 1.54) is 19.3 Å². The standard InChI is InChI=1S/C12H24N2OS/c1-10(13-8-9-16-2)12(15)14-11-6-4-3-5-7-11/h10-11,13H,3-9H2,1-2H3,(H,14,15). The number of hydrogen-bond acceptors (Lipinski definition) is 3. The van der Waals surface area contributed by atoms with Gasteiger partial charge in [0.15, 0.2) is 0 Å². The van der Waals surface area contributed by atoms with E-state index in [0.717, 1.165) is 25.1 Å². The molecule has 0 heterocycles. The number of hydrogen-bond donors (Lipinski definition) is 2. The number of carbonyl (C=O) groups is 1. The topological polar surface area (TPSA) is 41.1 Å². The predicted octanol–water partition coefficient (Wildman–Crippen LogP) is 1.78. The molecule has 4 heteroatoms. The first-order chi connectivity index (χ1) is 7.74. The summed E-state index contributed by atoms with van der Waals surface area (Å²) in [4.78, 5) is 11.8. The lowest BCUT2D eigenvalue weighted by atomic mass is 9.95. The van der Waals surface area contributed by atoms with Crippen LogP contribution in [0.3, 0.4) is 0 Å². The van der Waals surface area contributed by atoms with Crippen molar-refractivity contribution in [2.45, 2.75) is 51.1 Å². The van der Waals surface area contributed by atoms with Gasteiger partial charge in [-0.05, 0) is 26.0 Å². The second kappa shape index (κ2) is 7.96. The van der Waals surface area contributed by atoms with Crippen molar-refractivity contribution in [2.75, 3.05) is 18.6 Å². The summed E-state index contributed by atoms with van der Waals surface area (Å²) in [5, 5.41) is 6.38. The molecule has 0 radical (unpaired) electrons. The lowest BCUT2D eigenvalue weighted by Gasteiger charge is -2.24. The van der Waals surface area contributed by atoms with Crippen LogP contribution < -0.4 is 10.6 Å². The van der Waals surface area contributed by atoms with Crippen molar-refractivity contribution in [1.29, 1.82) is 0 Å². The van der Waals surface area contributed by atoms with Gasteiger partial charge in [-0.2, -0.15) is 11.8 Å². The fourth-order valence-electron chi connectivity index (χ4n) is 2.04. The minimum Gasteiger partial charge on any atom is -0.352 e. The number of carbonyl (C=O) groups excluding carboxylic acids is 1. The Hall–Kier alpha value is -0.220. The highest BCUT2D eigenvalue weighted by atomic mass is 32.2. The van der Waals surface area contributed by atoms with Crippen LogP contribution in [-0.4, -0.2) is 36.5 Å². The van der Waals surface area contributed by atoms with Crippen molar-refractivity contribution in [3.05, 3.63) is 0 Å². The van der Waals surface area contributed by atoms with Gasteiger partial charge in [-0.1, -0.05) is 19.3 Å². The van der Waals surface area contributed by atoms with Crippen LogP contribution in [0.25, 0.3) is 0 Å². The zero-order valence-corrected chi connectivity index (χ0v) is 11.2. The molecular weight excluding hydrogens is 220 g/mol. The molecule has 1 fully saturated rings. The van der Waals surface area contributed by atoms with Crippen molar-refractivity contribution in [3.8, 4) is 0 Å². The fraction of sp³-hybridized carbons (Fsp3) is 0.917. The highest BCUT2D eigenvalue weighted by Crippen LogP contribution is 2.17. The molecule has 2 N–H and O–H groups in total. The molecule has 0 aromatic heterocycles. The Kier molecular flexibility index (Phi) is 6.88. The number of amides is 1. The van der Waals surface area contributed by atoms with Crippen LogP contribution >= 0.6 is 11.8 Å². The van der Waals surface area contributed by atoms with E-state index in [1.807, 2.05) is 6.92 Å². The Morgan fingerprint density at radius 3 is 2.69 bits per heavy atom. The van der Waals surface area contributed by atoms with E-state index in [4.69, 9.17) is 0 Å². The smallest absolute Gasteiger partial charge is 0.237 e. The van der Waals surface area contributed by atoms with Gasteiger partial charge in [0.05, 0.1) is 6.04 Å². The van der Waals surface area contributed by atoms with Crippen LogP contribution in [0.1, 0.15) is 39.0 Å². The summed E-state index contributed by atoms with van der Waals surface area (Å²) in [7, 11) is 0. The minimum absolute atomic E-state index is 0.0610. The number of thioether (sulfide) groups is 1. The normalized spacial score (nSPS) is 19.4. The molecule has 1 amide bonds. The van der Waals surface area contributed by atoms with Crippen LogP contribution in [0.4, 0.5) is 0 Å². The average Bonchev–Trinajstić information content (AvgIpc) is 2.30. The first-order valence-corrected chi connectivity index (χ1v) is 7.66. The van der Waals surface area contributed by atoms with Crippen molar-refractivity contribution in [1.82, 2.24) is 10.6 Å². The Balaban J connectivity index is 2.16. The Bertz CT molecular complexity index is 205. The summed E-state index contributed by atoms with van der Waals surface area (Å²) in [5.74, 6) is 1.22. The average molecular weight is 244 g/mol. The Morgan fingerprint density at radius 1 is 1.38 bits per heavy atom. The Morgan fingerprint density at radius 2 is 2.06 bits per heavy atom. The van der Waals surface area contributed by atoms with Crippen molar-refractivity contribution in [2.24, 2.45) is 0 Å². The summed E-state index contributed by atoms with van der Waals surface area (Å²) >= 11 is 1.80. The third-order valence-corrected chi connectivity index (χ3v) is 3.71. The van der Waals surface area contributed by atoms with Crippen LogP contribution in [0.5, 0.6) is 0 Å². The van der Waals surface area contributed by atoms with E-state index in [0.29, 0.717) is 6.04 Å². The molecule has 1 atom stereocenters. The summed E-state index contributed by atoms with van der Waals surface area (Å²) in [6.07, 6.45) is 8.24. The van der Waals surface area contributed by atoms with Gasteiger partial charge in [0.1, 0.15) is 0 Å². The van der Waals surface area contributed by atoms with Gasteiger partial charge in [0, 0.05) is 18.3 Å². The molecule has 1 rings (SSSR count). The molecule has 1 saturated carbocycles. The molecule has 3 nitrogen and oxygen atoms in total. The molecule has 0 aromatic carbocycles. The molecule has 0 aliphatic heterocycles. The maximum absolute atomic E-state index is 11.8. The second-order valence-electron chi connectivity index (χ2n) is 4.51. The van der Waals surface area contributed by atoms with Gasteiger partial charge < -0.3 is 10.6 Å². The van der Waals surface area contributed by atoms with Gasteiger partial charge in [-0.25, -0.2) is 0 Å². The molecular formula is C12H24N2OS. The van der Waals surface area contributed by atoms with E-state index < -0.39 is 0 Å². The van der Waals surface area contributed by atoms with Gasteiger partial charge >= 0.3 is 0 Å². The van der Waals surface area contributed by atoms with E-state index in [-0.39, 0.29) is 11.9 Å². The third-order valence-electron chi connectivity index (χ3n) is 3.10. The zero-order valence-electron chi connectivity index (χ0n) is 10.4. The molecule has 0 saturated heterocycles. The molecule has 16 heavy (non-hydrogen) atoms. The first kappa shape index (κ1) is 13.8. The van der Waals surface area contributed by atoms with Gasteiger partial charge in [0.2, 0.25) is 5.91 Å². The largest absolute Gasteiger partial charge is 0.352 e. The molecule has 0 aromatic rings.